The lowest BCUT2D eigenvalue weighted by Crippen LogP contribution is -2.39. The molecule has 1 aromatic heterocycles. The monoisotopic (exact) mass is 478 g/mol. The molecule has 174 valence electrons. The van der Waals surface area contributed by atoms with E-state index in [1.165, 1.54) is 29.9 Å². The molecule has 1 unspecified atom stereocenters. The van der Waals surface area contributed by atoms with Crippen LogP contribution in [0.3, 0.4) is 0 Å². The number of benzene rings is 2. The van der Waals surface area contributed by atoms with Gasteiger partial charge in [-0.1, -0.05) is 41.7 Å². The molecule has 0 N–H and O–H groups in total. The first-order valence-corrected chi connectivity index (χ1v) is 11.2. The molecule has 0 amide bonds. The van der Waals surface area contributed by atoms with Crippen molar-refractivity contribution in [2.75, 3.05) is 14.2 Å². The summed E-state index contributed by atoms with van der Waals surface area (Å²) in [6.07, 6.45) is 1.66. The van der Waals surface area contributed by atoms with Gasteiger partial charge in [0.2, 0.25) is 0 Å². The average molecular weight is 479 g/mol. The molecule has 1 atom stereocenters. The van der Waals surface area contributed by atoms with Crippen LogP contribution in [-0.2, 0) is 14.3 Å². The summed E-state index contributed by atoms with van der Waals surface area (Å²) >= 11 is 1.19. The molecule has 0 spiro atoms. The van der Waals surface area contributed by atoms with E-state index < -0.39 is 18.0 Å². The van der Waals surface area contributed by atoms with Crippen LogP contribution in [-0.4, -0.2) is 30.7 Å². The van der Waals surface area contributed by atoms with Crippen molar-refractivity contribution in [2.24, 2.45) is 4.99 Å². The van der Waals surface area contributed by atoms with E-state index in [0.717, 1.165) is 0 Å². The van der Waals surface area contributed by atoms with Gasteiger partial charge in [-0.25, -0.2) is 9.79 Å². The number of methoxy groups -OCH3 is 2. The van der Waals surface area contributed by atoms with Crippen molar-refractivity contribution < 1.29 is 23.8 Å². The number of aromatic nitrogens is 1. The second kappa shape index (κ2) is 9.48. The van der Waals surface area contributed by atoms with Crippen LogP contribution in [0.15, 0.2) is 69.6 Å². The van der Waals surface area contributed by atoms with Crippen molar-refractivity contribution in [3.63, 3.8) is 0 Å². The number of ether oxygens (including phenoxy) is 3. The number of carbonyl (C=O) groups excluding carboxylic acids is 2. The highest BCUT2D eigenvalue weighted by atomic mass is 32.1. The Kier molecular flexibility index (Phi) is 6.47. The Bertz CT molecular complexity index is 1480. The summed E-state index contributed by atoms with van der Waals surface area (Å²) in [4.78, 5) is 42.8. The molecule has 9 heteroatoms. The maximum absolute atomic E-state index is 13.6. The van der Waals surface area contributed by atoms with Crippen LogP contribution in [0.2, 0.25) is 0 Å². The lowest BCUT2D eigenvalue weighted by atomic mass is 9.96. The predicted octanol–water partition coefficient (Wildman–Crippen LogP) is 2.34. The fourth-order valence-electron chi connectivity index (χ4n) is 3.78. The first-order valence-electron chi connectivity index (χ1n) is 10.4. The second-order valence-electron chi connectivity index (χ2n) is 7.48. The Balaban J connectivity index is 1.94. The fraction of sp³-hybridized carbons (Fsp3) is 0.200. The van der Waals surface area contributed by atoms with Gasteiger partial charge in [-0.05, 0) is 36.8 Å². The topological polar surface area (TPSA) is 96.2 Å². The molecule has 0 saturated heterocycles. The Morgan fingerprint density at radius 2 is 1.79 bits per heavy atom. The molecule has 0 fully saturated rings. The van der Waals surface area contributed by atoms with Crippen LogP contribution < -0.4 is 24.4 Å². The largest absolute Gasteiger partial charge is 0.497 e. The van der Waals surface area contributed by atoms with E-state index in [2.05, 4.69) is 4.99 Å². The first kappa shape index (κ1) is 23.2. The zero-order chi connectivity index (χ0) is 24.4. The summed E-state index contributed by atoms with van der Waals surface area (Å²) in [6, 6.07) is 13.4. The number of nitrogens with zero attached hydrogens (tertiary/aromatic N) is 2. The van der Waals surface area contributed by atoms with E-state index in [9.17, 15) is 14.4 Å². The summed E-state index contributed by atoms with van der Waals surface area (Å²) in [6.45, 7) is 3.03. The smallest absolute Gasteiger partial charge is 0.338 e. The van der Waals surface area contributed by atoms with Crippen molar-refractivity contribution in [3.8, 4) is 11.5 Å². The second-order valence-corrected chi connectivity index (χ2v) is 8.49. The zero-order valence-electron chi connectivity index (χ0n) is 19.0. The highest BCUT2D eigenvalue weighted by Crippen LogP contribution is 2.31. The molecule has 0 aliphatic carbocycles. The maximum atomic E-state index is 13.6. The number of rotatable bonds is 5. The summed E-state index contributed by atoms with van der Waals surface area (Å²) in [5, 5.41) is 0. The quantitative estimate of drug-likeness (QED) is 0.413. The third kappa shape index (κ3) is 4.29. The van der Waals surface area contributed by atoms with Gasteiger partial charge in [-0.2, -0.15) is 0 Å². The van der Waals surface area contributed by atoms with Gasteiger partial charge < -0.3 is 14.2 Å². The summed E-state index contributed by atoms with van der Waals surface area (Å²) in [5.74, 6) is -0.0192. The maximum Gasteiger partial charge on any atom is 0.338 e. The Labute approximate surface area is 199 Å². The molecule has 4 rings (SSSR count). The van der Waals surface area contributed by atoms with Crippen molar-refractivity contribution in [1.82, 2.24) is 4.57 Å². The number of hydrogen-bond acceptors (Lipinski definition) is 8. The Morgan fingerprint density at radius 3 is 2.44 bits per heavy atom. The van der Waals surface area contributed by atoms with Gasteiger partial charge in [-0.3, -0.25) is 14.2 Å². The SMILES string of the molecule is COC(=O)C1=C(C)N=c2sc(=Cc3ccccc3OC(C)=O)c(=O)n2C1c1ccc(OC)cc1. The van der Waals surface area contributed by atoms with Gasteiger partial charge in [0.05, 0.1) is 36.1 Å². The van der Waals surface area contributed by atoms with Crippen molar-refractivity contribution in [1.29, 1.82) is 0 Å². The normalized spacial score (nSPS) is 15.4. The number of allylic oxidation sites excluding steroid dienone is 1. The van der Waals surface area contributed by atoms with Crippen LogP contribution in [0.1, 0.15) is 31.0 Å². The van der Waals surface area contributed by atoms with E-state index in [1.54, 1.807) is 68.6 Å². The molecule has 2 aromatic carbocycles. The molecule has 3 aromatic rings. The summed E-state index contributed by atoms with van der Waals surface area (Å²) in [5.41, 5.74) is 1.72. The lowest BCUT2D eigenvalue weighted by Gasteiger charge is -2.24. The predicted molar refractivity (Wildman–Crippen MR) is 127 cm³/mol. The van der Waals surface area contributed by atoms with E-state index in [-0.39, 0.29) is 11.1 Å². The zero-order valence-corrected chi connectivity index (χ0v) is 19.8. The minimum atomic E-state index is -0.722. The van der Waals surface area contributed by atoms with Crippen molar-refractivity contribution in [2.45, 2.75) is 19.9 Å². The molecule has 0 radical (unpaired) electrons. The van der Waals surface area contributed by atoms with Gasteiger partial charge in [-0.15, -0.1) is 0 Å². The molecule has 34 heavy (non-hydrogen) atoms. The minimum absolute atomic E-state index is 0.284. The standard InChI is InChI=1S/C25H22N2O6S/c1-14-21(24(30)32-4)22(16-9-11-18(31-3)12-10-16)27-23(29)20(34-25(27)26-14)13-17-7-5-6-8-19(17)33-15(2)28/h5-13,22H,1-4H3. The Hall–Kier alpha value is -3.98. The van der Waals surface area contributed by atoms with Crippen LogP contribution >= 0.6 is 11.3 Å². The number of para-hydroxylation sites is 1. The van der Waals surface area contributed by atoms with Crippen LogP contribution in [0.25, 0.3) is 6.08 Å². The number of hydrogen-bond donors (Lipinski definition) is 0. The minimum Gasteiger partial charge on any atom is -0.497 e. The van der Waals surface area contributed by atoms with Gasteiger partial charge in [0.1, 0.15) is 11.5 Å². The summed E-state index contributed by atoms with van der Waals surface area (Å²) in [7, 11) is 2.86. The fourth-order valence-corrected chi connectivity index (χ4v) is 4.82. The molecular formula is C25H22N2O6S. The highest BCUT2D eigenvalue weighted by Gasteiger charge is 2.33. The van der Waals surface area contributed by atoms with Gasteiger partial charge in [0.25, 0.3) is 5.56 Å². The average Bonchev–Trinajstić information content (AvgIpc) is 3.13. The van der Waals surface area contributed by atoms with Crippen molar-refractivity contribution in [3.05, 3.63) is 90.6 Å². The first-order chi connectivity index (χ1) is 16.3. The van der Waals surface area contributed by atoms with E-state index in [1.807, 2.05) is 0 Å². The third-order valence-electron chi connectivity index (χ3n) is 5.32. The lowest BCUT2D eigenvalue weighted by molar-refractivity contribution is -0.136. The van der Waals surface area contributed by atoms with E-state index in [4.69, 9.17) is 14.2 Å². The number of thiazole rings is 1. The van der Waals surface area contributed by atoms with Crippen molar-refractivity contribution >= 4 is 29.4 Å². The molecule has 1 aliphatic rings. The van der Waals surface area contributed by atoms with Crippen LogP contribution in [0, 0.1) is 0 Å². The molecule has 8 nitrogen and oxygen atoms in total. The van der Waals surface area contributed by atoms with E-state index in [0.29, 0.717) is 37.7 Å². The summed E-state index contributed by atoms with van der Waals surface area (Å²) < 4.78 is 17.4. The number of fused-ring (bicyclic) bond motifs is 1. The van der Waals surface area contributed by atoms with Gasteiger partial charge in [0.15, 0.2) is 4.80 Å². The van der Waals surface area contributed by atoms with Gasteiger partial charge >= 0.3 is 11.9 Å². The molecular weight excluding hydrogens is 456 g/mol. The van der Waals surface area contributed by atoms with E-state index >= 15 is 0 Å². The molecule has 2 heterocycles. The molecule has 0 bridgehead atoms. The molecule has 0 saturated carbocycles. The Morgan fingerprint density at radius 1 is 1.09 bits per heavy atom. The number of esters is 2. The molecule has 1 aliphatic heterocycles. The van der Waals surface area contributed by atoms with Gasteiger partial charge in [0, 0.05) is 12.5 Å². The van der Waals surface area contributed by atoms with Crippen LogP contribution in [0.5, 0.6) is 11.5 Å². The highest BCUT2D eigenvalue weighted by molar-refractivity contribution is 7.07. The van der Waals surface area contributed by atoms with Crippen LogP contribution in [0.4, 0.5) is 0 Å². The number of carbonyl (C=O) groups is 2. The third-order valence-corrected chi connectivity index (χ3v) is 6.30.